The van der Waals surface area contributed by atoms with Gasteiger partial charge in [0.2, 0.25) is 11.8 Å². The minimum absolute atomic E-state index is 0.0115. The molecule has 0 radical (unpaired) electrons. The number of para-hydroxylation sites is 1. The Morgan fingerprint density at radius 2 is 1.64 bits per heavy atom. The average molecular weight is 645 g/mol. The number of anilines is 1. The molecule has 2 N–H and O–H groups in total. The quantitative estimate of drug-likeness (QED) is 0.190. The highest BCUT2D eigenvalue weighted by Crippen LogP contribution is 2.41. The smallest absolute Gasteiger partial charge is 0.227 e. The molecule has 1 aliphatic rings. The molecule has 4 rings (SSSR count). The summed E-state index contributed by atoms with van der Waals surface area (Å²) in [5.74, 6) is -0.0739. The molecule has 2 amide bonds. The van der Waals surface area contributed by atoms with Crippen LogP contribution in [-0.4, -0.2) is 64.9 Å². The third-order valence-corrected chi connectivity index (χ3v) is 8.91. The average Bonchev–Trinajstić information content (AvgIpc) is 3.44. The maximum Gasteiger partial charge on any atom is 0.227 e. The zero-order chi connectivity index (χ0) is 34.2. The van der Waals surface area contributed by atoms with Gasteiger partial charge < -0.3 is 20.3 Å². The van der Waals surface area contributed by atoms with Crippen molar-refractivity contribution in [3.63, 3.8) is 0 Å². The van der Waals surface area contributed by atoms with E-state index in [1.165, 1.54) is 0 Å². The fourth-order valence-electron chi connectivity index (χ4n) is 6.11. The fourth-order valence-corrected chi connectivity index (χ4v) is 6.11. The number of carbonyl (C=O) groups is 3. The first kappa shape index (κ1) is 36.0. The first-order chi connectivity index (χ1) is 22.3. The molecule has 2 aromatic carbocycles. The highest BCUT2D eigenvalue weighted by Gasteiger charge is 2.31. The highest BCUT2D eigenvalue weighted by atomic mass is 16.5. The maximum absolute atomic E-state index is 13.9. The van der Waals surface area contributed by atoms with Crippen molar-refractivity contribution in [1.82, 2.24) is 25.6 Å². The lowest BCUT2D eigenvalue weighted by Crippen LogP contribution is -2.36. The van der Waals surface area contributed by atoms with Crippen molar-refractivity contribution in [1.29, 1.82) is 0 Å². The minimum Gasteiger partial charge on any atom is -0.375 e. The summed E-state index contributed by atoms with van der Waals surface area (Å²) < 4.78 is 8.05. The number of ether oxygens (including phenoxy) is 1. The van der Waals surface area contributed by atoms with Crippen molar-refractivity contribution in [3.8, 4) is 22.5 Å². The van der Waals surface area contributed by atoms with Crippen molar-refractivity contribution < 1.29 is 19.1 Å². The molecule has 3 aromatic rings. The van der Waals surface area contributed by atoms with E-state index in [4.69, 9.17) is 4.74 Å². The molecule has 47 heavy (non-hydrogen) atoms. The lowest BCUT2D eigenvalue weighted by molar-refractivity contribution is -0.132. The summed E-state index contributed by atoms with van der Waals surface area (Å²) in [6.45, 7) is 14.6. The minimum atomic E-state index is -0.463. The van der Waals surface area contributed by atoms with E-state index < -0.39 is 11.0 Å². The number of hydrogen-bond donors (Lipinski definition) is 2. The summed E-state index contributed by atoms with van der Waals surface area (Å²) in [4.78, 5) is 41.0. The Labute approximate surface area is 279 Å². The van der Waals surface area contributed by atoms with Crippen molar-refractivity contribution in [2.24, 2.45) is 11.3 Å². The van der Waals surface area contributed by atoms with Crippen LogP contribution in [0, 0.1) is 11.3 Å². The monoisotopic (exact) mass is 644 g/mol. The zero-order valence-corrected chi connectivity index (χ0v) is 29.2. The molecule has 0 fully saturated rings. The SMILES string of the molecule is CNCCCn1nnc2c1-c1ccccc1N(C(=O)CCC(=O)NCCC(C)(C)OCCC(C)(C)C(=O)C(C)C)Cc1ccccc1-2. The molecule has 0 saturated heterocycles. The molecule has 0 spiro atoms. The predicted molar refractivity (Wildman–Crippen MR) is 186 cm³/mol. The lowest BCUT2D eigenvalue weighted by atomic mass is 9.80. The standard InChI is InChI=1S/C37H52N6O4/c1-26(2)35(46)36(3,4)20-24-47-37(5,6)19-22-39-31(44)17-18-32(45)42-25-27-13-8-9-14-28(27)33-34(29-15-10-11-16-30(29)42)43(41-40-33)23-12-21-38-7/h8-11,13-16,26,38H,12,17-25H2,1-7H3,(H,39,44). The van der Waals surface area contributed by atoms with Crippen molar-refractivity contribution in [3.05, 3.63) is 54.1 Å². The summed E-state index contributed by atoms with van der Waals surface area (Å²) in [6.07, 6.45) is 2.30. The van der Waals surface area contributed by atoms with Gasteiger partial charge in [-0.05, 0) is 58.3 Å². The number of hydrogen-bond acceptors (Lipinski definition) is 7. The molecule has 0 bridgehead atoms. The molecular weight excluding hydrogens is 592 g/mol. The van der Waals surface area contributed by atoms with Crippen LogP contribution in [0.5, 0.6) is 0 Å². The number of aromatic nitrogens is 3. The number of carbonyl (C=O) groups excluding carboxylic acids is 3. The number of benzene rings is 2. The van der Waals surface area contributed by atoms with E-state index in [1.807, 2.05) is 102 Å². The van der Waals surface area contributed by atoms with Crippen LogP contribution >= 0.6 is 0 Å². The number of ketones is 1. The molecule has 0 atom stereocenters. The molecule has 10 nitrogen and oxygen atoms in total. The summed E-state index contributed by atoms with van der Waals surface area (Å²) >= 11 is 0. The maximum atomic E-state index is 13.9. The Bertz CT molecular complexity index is 1540. The normalized spacial score (nSPS) is 13.0. The van der Waals surface area contributed by atoms with E-state index in [0.29, 0.717) is 39.1 Å². The number of fused-ring (bicyclic) bond motifs is 5. The van der Waals surface area contributed by atoms with Gasteiger partial charge in [-0.3, -0.25) is 14.4 Å². The molecule has 0 aliphatic carbocycles. The van der Waals surface area contributed by atoms with Gasteiger partial charge in [0.15, 0.2) is 0 Å². The van der Waals surface area contributed by atoms with Crippen LogP contribution in [0.4, 0.5) is 5.69 Å². The molecule has 254 valence electrons. The van der Waals surface area contributed by atoms with Crippen LogP contribution in [0.25, 0.3) is 22.5 Å². The Balaban J connectivity index is 1.39. The summed E-state index contributed by atoms with van der Waals surface area (Å²) in [5, 5.41) is 15.3. The molecule has 0 saturated carbocycles. The number of rotatable bonds is 16. The third kappa shape index (κ3) is 9.14. The van der Waals surface area contributed by atoms with Gasteiger partial charge in [0, 0.05) is 55.0 Å². The van der Waals surface area contributed by atoms with Crippen LogP contribution < -0.4 is 15.5 Å². The zero-order valence-electron chi connectivity index (χ0n) is 29.2. The first-order valence-corrected chi connectivity index (χ1v) is 16.9. The molecular formula is C37H52N6O4. The van der Waals surface area contributed by atoms with E-state index in [0.717, 1.165) is 46.7 Å². The first-order valence-electron chi connectivity index (χ1n) is 16.9. The molecule has 1 aromatic heterocycles. The number of aryl methyl sites for hydroxylation is 1. The summed E-state index contributed by atoms with van der Waals surface area (Å²) in [5.41, 5.74) is 4.39. The Morgan fingerprint density at radius 1 is 0.936 bits per heavy atom. The van der Waals surface area contributed by atoms with Crippen LogP contribution in [0.15, 0.2) is 48.5 Å². The van der Waals surface area contributed by atoms with Gasteiger partial charge in [-0.2, -0.15) is 0 Å². The van der Waals surface area contributed by atoms with Crippen LogP contribution in [0.1, 0.15) is 79.2 Å². The second-order valence-corrected chi connectivity index (χ2v) is 14.0. The molecule has 0 unspecified atom stereocenters. The van der Waals surface area contributed by atoms with Crippen molar-refractivity contribution in [2.45, 2.75) is 92.3 Å². The Hall–Kier alpha value is -3.89. The van der Waals surface area contributed by atoms with Crippen LogP contribution in [-0.2, 0) is 32.2 Å². The number of Topliss-reactive ketones (excluding diaryl/α,β-unsaturated/α-hetero) is 1. The molecule has 1 aliphatic heterocycles. The van der Waals surface area contributed by atoms with Gasteiger partial charge >= 0.3 is 0 Å². The van der Waals surface area contributed by atoms with Gasteiger partial charge in [-0.25, -0.2) is 4.68 Å². The van der Waals surface area contributed by atoms with E-state index in [-0.39, 0.29) is 36.4 Å². The Kier molecular flexibility index (Phi) is 12.1. The second-order valence-electron chi connectivity index (χ2n) is 14.0. The third-order valence-electron chi connectivity index (χ3n) is 8.91. The second kappa shape index (κ2) is 15.8. The number of nitrogens with one attached hydrogen (secondary N) is 2. The van der Waals surface area contributed by atoms with Crippen LogP contribution in [0.3, 0.4) is 0 Å². The van der Waals surface area contributed by atoms with Gasteiger partial charge in [-0.15, -0.1) is 5.10 Å². The van der Waals surface area contributed by atoms with Crippen molar-refractivity contribution in [2.75, 3.05) is 31.6 Å². The summed E-state index contributed by atoms with van der Waals surface area (Å²) in [6, 6.07) is 15.9. The van der Waals surface area contributed by atoms with E-state index in [2.05, 4.69) is 20.9 Å². The predicted octanol–water partition coefficient (Wildman–Crippen LogP) is 5.79. The topological polar surface area (TPSA) is 118 Å². The Morgan fingerprint density at radius 3 is 2.36 bits per heavy atom. The fraction of sp³-hybridized carbons (Fsp3) is 0.541. The van der Waals surface area contributed by atoms with E-state index >= 15 is 0 Å². The lowest BCUT2D eigenvalue weighted by Gasteiger charge is -2.30. The molecule has 10 heteroatoms. The van der Waals surface area contributed by atoms with Gasteiger partial charge in [0.05, 0.1) is 23.5 Å². The largest absolute Gasteiger partial charge is 0.375 e. The van der Waals surface area contributed by atoms with E-state index in [1.54, 1.807) is 4.90 Å². The van der Waals surface area contributed by atoms with Gasteiger partial charge in [0.1, 0.15) is 11.5 Å². The van der Waals surface area contributed by atoms with Gasteiger partial charge in [0.25, 0.3) is 0 Å². The summed E-state index contributed by atoms with van der Waals surface area (Å²) in [7, 11) is 1.93. The highest BCUT2D eigenvalue weighted by molar-refractivity contribution is 6.01. The van der Waals surface area contributed by atoms with Crippen molar-refractivity contribution >= 4 is 23.3 Å². The number of nitrogens with zero attached hydrogens (tertiary/aromatic N) is 4. The van der Waals surface area contributed by atoms with Crippen LogP contribution in [0.2, 0.25) is 0 Å². The van der Waals surface area contributed by atoms with Gasteiger partial charge in [-0.1, -0.05) is 75.4 Å². The van der Waals surface area contributed by atoms with E-state index in [9.17, 15) is 14.4 Å². The number of amides is 2. The molecule has 2 heterocycles.